The number of carbonyl (C=O) groups excluding carboxylic acids is 1. The number of aromatic nitrogens is 2. The van der Waals surface area contributed by atoms with Gasteiger partial charge in [0.1, 0.15) is 0 Å². The van der Waals surface area contributed by atoms with E-state index in [1.165, 1.54) is 6.42 Å². The van der Waals surface area contributed by atoms with E-state index in [-0.39, 0.29) is 5.91 Å². The van der Waals surface area contributed by atoms with Crippen molar-refractivity contribution in [1.29, 1.82) is 0 Å². The zero-order valence-electron chi connectivity index (χ0n) is 11.0. The minimum Gasteiger partial charge on any atom is -0.388 e. The van der Waals surface area contributed by atoms with Gasteiger partial charge in [0, 0.05) is 12.2 Å². The average Bonchev–Trinajstić information content (AvgIpc) is 2.67. The van der Waals surface area contributed by atoms with E-state index < -0.39 is 5.60 Å². The van der Waals surface area contributed by atoms with Crippen molar-refractivity contribution < 1.29 is 9.90 Å². The maximum absolute atomic E-state index is 12.1. The highest BCUT2D eigenvalue weighted by Gasteiger charge is 2.30. The Morgan fingerprint density at radius 3 is 2.61 bits per heavy atom. The van der Waals surface area contributed by atoms with Crippen molar-refractivity contribution in [2.45, 2.75) is 51.6 Å². The Labute approximate surface area is 107 Å². The van der Waals surface area contributed by atoms with E-state index in [1.54, 1.807) is 6.92 Å². The number of nitrogens with zero attached hydrogens (tertiary/aromatic N) is 1. The lowest BCUT2D eigenvalue weighted by Crippen LogP contribution is -2.44. The summed E-state index contributed by atoms with van der Waals surface area (Å²) in [7, 11) is 0. The summed E-state index contributed by atoms with van der Waals surface area (Å²) in [6, 6.07) is 0. The molecule has 100 valence electrons. The molecule has 2 rings (SSSR count). The molecule has 0 spiro atoms. The molecule has 0 aromatic carbocycles. The number of carbonyl (C=O) groups is 1. The first kappa shape index (κ1) is 13.1. The number of hydrogen-bond donors (Lipinski definition) is 3. The lowest BCUT2D eigenvalue weighted by atomic mass is 9.85. The van der Waals surface area contributed by atoms with E-state index in [4.69, 9.17) is 0 Å². The molecule has 1 aliphatic rings. The molecule has 0 radical (unpaired) electrons. The Kier molecular flexibility index (Phi) is 3.71. The van der Waals surface area contributed by atoms with Crippen molar-refractivity contribution >= 4 is 5.91 Å². The van der Waals surface area contributed by atoms with Crippen molar-refractivity contribution in [2.24, 2.45) is 0 Å². The number of hydrogen-bond acceptors (Lipinski definition) is 3. The van der Waals surface area contributed by atoms with Crippen LogP contribution in [0.5, 0.6) is 0 Å². The molecule has 1 saturated carbocycles. The van der Waals surface area contributed by atoms with Gasteiger partial charge >= 0.3 is 0 Å². The second-order valence-corrected chi connectivity index (χ2v) is 5.28. The number of rotatable bonds is 3. The topological polar surface area (TPSA) is 78.0 Å². The summed E-state index contributed by atoms with van der Waals surface area (Å²) >= 11 is 0. The Morgan fingerprint density at radius 1 is 1.39 bits per heavy atom. The quantitative estimate of drug-likeness (QED) is 0.761. The van der Waals surface area contributed by atoms with Crippen LogP contribution >= 0.6 is 0 Å². The van der Waals surface area contributed by atoms with Gasteiger partial charge in [0.25, 0.3) is 5.91 Å². The first-order valence-electron chi connectivity index (χ1n) is 6.54. The van der Waals surface area contributed by atoms with Gasteiger partial charge in [0.15, 0.2) is 0 Å². The Balaban J connectivity index is 1.96. The molecule has 1 amide bonds. The van der Waals surface area contributed by atoms with E-state index in [9.17, 15) is 9.90 Å². The van der Waals surface area contributed by atoms with Gasteiger partial charge in [0.2, 0.25) is 0 Å². The van der Waals surface area contributed by atoms with Crippen LogP contribution in [-0.4, -0.2) is 33.4 Å². The summed E-state index contributed by atoms with van der Waals surface area (Å²) in [5.41, 5.74) is 1.33. The highest BCUT2D eigenvalue weighted by molar-refractivity contribution is 5.96. The predicted octanol–water partition coefficient (Wildman–Crippen LogP) is 1.45. The third-order valence-corrected chi connectivity index (χ3v) is 3.72. The van der Waals surface area contributed by atoms with E-state index in [2.05, 4.69) is 15.5 Å². The van der Waals surface area contributed by atoms with Crippen molar-refractivity contribution in [3.63, 3.8) is 0 Å². The van der Waals surface area contributed by atoms with E-state index >= 15 is 0 Å². The predicted molar refractivity (Wildman–Crippen MR) is 68.4 cm³/mol. The molecule has 1 aromatic rings. The minimum atomic E-state index is -0.723. The van der Waals surface area contributed by atoms with Crippen molar-refractivity contribution in [1.82, 2.24) is 15.5 Å². The number of aryl methyl sites for hydroxylation is 2. The molecule has 1 fully saturated rings. The van der Waals surface area contributed by atoms with Gasteiger partial charge in [-0.25, -0.2) is 0 Å². The van der Waals surface area contributed by atoms with Gasteiger partial charge in [-0.15, -0.1) is 0 Å². The Hall–Kier alpha value is -1.36. The van der Waals surface area contributed by atoms with Gasteiger partial charge < -0.3 is 10.4 Å². The number of amides is 1. The van der Waals surface area contributed by atoms with Crippen LogP contribution in [0.3, 0.4) is 0 Å². The third kappa shape index (κ3) is 2.72. The summed E-state index contributed by atoms with van der Waals surface area (Å²) in [4.78, 5) is 12.1. The van der Waals surface area contributed by atoms with Crippen molar-refractivity contribution in [2.75, 3.05) is 6.54 Å². The second-order valence-electron chi connectivity index (χ2n) is 5.28. The molecule has 1 aromatic heterocycles. The highest BCUT2D eigenvalue weighted by Crippen LogP contribution is 2.27. The summed E-state index contributed by atoms with van der Waals surface area (Å²) in [6.45, 7) is 3.95. The second kappa shape index (κ2) is 5.10. The molecule has 1 heterocycles. The van der Waals surface area contributed by atoms with Crippen LogP contribution in [0.1, 0.15) is 53.8 Å². The molecular formula is C13H21N3O2. The standard InChI is InChI=1S/C13H21N3O2/c1-9-11(10(2)16-15-9)12(17)14-8-13(18)6-4-3-5-7-13/h18H,3-8H2,1-2H3,(H,14,17)(H,15,16). The smallest absolute Gasteiger partial charge is 0.255 e. The summed E-state index contributed by atoms with van der Waals surface area (Å²) in [5.74, 6) is -0.155. The molecule has 0 atom stereocenters. The van der Waals surface area contributed by atoms with E-state index in [0.717, 1.165) is 31.4 Å². The van der Waals surface area contributed by atoms with E-state index in [1.807, 2.05) is 6.92 Å². The number of H-pyrrole nitrogens is 1. The van der Waals surface area contributed by atoms with Crippen molar-refractivity contribution in [3.05, 3.63) is 17.0 Å². The van der Waals surface area contributed by atoms with Crippen LogP contribution in [0.25, 0.3) is 0 Å². The highest BCUT2D eigenvalue weighted by atomic mass is 16.3. The maximum atomic E-state index is 12.1. The van der Waals surface area contributed by atoms with E-state index in [0.29, 0.717) is 17.8 Å². The summed E-state index contributed by atoms with van der Waals surface area (Å²) in [5, 5.41) is 19.9. The summed E-state index contributed by atoms with van der Waals surface area (Å²) in [6.07, 6.45) is 4.80. The molecule has 5 nitrogen and oxygen atoms in total. The van der Waals surface area contributed by atoms with Gasteiger partial charge in [-0.3, -0.25) is 9.89 Å². The zero-order chi connectivity index (χ0) is 13.2. The Morgan fingerprint density at radius 2 is 2.06 bits per heavy atom. The third-order valence-electron chi connectivity index (χ3n) is 3.72. The fraction of sp³-hybridized carbons (Fsp3) is 0.692. The average molecular weight is 251 g/mol. The van der Waals surface area contributed by atoms with Gasteiger partial charge in [-0.05, 0) is 26.7 Å². The van der Waals surface area contributed by atoms with Crippen LogP contribution in [0, 0.1) is 13.8 Å². The van der Waals surface area contributed by atoms with Crippen LogP contribution in [0.2, 0.25) is 0 Å². The first-order valence-corrected chi connectivity index (χ1v) is 6.54. The molecule has 18 heavy (non-hydrogen) atoms. The van der Waals surface area contributed by atoms with Crippen LogP contribution < -0.4 is 5.32 Å². The molecule has 0 unspecified atom stereocenters. The van der Waals surface area contributed by atoms with Crippen molar-refractivity contribution in [3.8, 4) is 0 Å². The molecule has 0 saturated heterocycles. The molecule has 0 aliphatic heterocycles. The molecular weight excluding hydrogens is 230 g/mol. The minimum absolute atomic E-state index is 0.155. The Bertz CT molecular complexity index is 414. The van der Waals surface area contributed by atoms with Gasteiger partial charge in [-0.2, -0.15) is 5.10 Å². The molecule has 3 N–H and O–H groups in total. The number of aliphatic hydroxyl groups is 1. The molecule has 0 bridgehead atoms. The molecule has 1 aliphatic carbocycles. The largest absolute Gasteiger partial charge is 0.388 e. The molecule has 5 heteroatoms. The zero-order valence-corrected chi connectivity index (χ0v) is 11.0. The fourth-order valence-corrected chi connectivity index (χ4v) is 2.61. The van der Waals surface area contributed by atoms with Crippen LogP contribution in [0.4, 0.5) is 0 Å². The normalized spacial score (nSPS) is 18.6. The van der Waals surface area contributed by atoms with Crippen LogP contribution in [-0.2, 0) is 0 Å². The fourth-order valence-electron chi connectivity index (χ4n) is 2.61. The lowest BCUT2D eigenvalue weighted by molar-refractivity contribution is 0.00524. The SMILES string of the molecule is Cc1n[nH]c(C)c1C(=O)NCC1(O)CCCCC1. The monoisotopic (exact) mass is 251 g/mol. The van der Waals surface area contributed by atoms with Gasteiger partial charge in [0.05, 0.1) is 16.9 Å². The number of nitrogens with one attached hydrogen (secondary N) is 2. The maximum Gasteiger partial charge on any atom is 0.255 e. The number of aromatic amines is 1. The van der Waals surface area contributed by atoms with Gasteiger partial charge in [-0.1, -0.05) is 19.3 Å². The van der Waals surface area contributed by atoms with Crippen LogP contribution in [0.15, 0.2) is 0 Å². The summed E-state index contributed by atoms with van der Waals surface area (Å²) < 4.78 is 0. The first-order chi connectivity index (χ1) is 8.52. The lowest BCUT2D eigenvalue weighted by Gasteiger charge is -2.32.